The van der Waals surface area contributed by atoms with Crippen LogP contribution >= 0.6 is 11.3 Å². The van der Waals surface area contributed by atoms with Crippen LogP contribution in [-0.2, 0) is 18.5 Å². The summed E-state index contributed by atoms with van der Waals surface area (Å²) in [5.41, 5.74) is 6.75. The van der Waals surface area contributed by atoms with Gasteiger partial charge in [0.1, 0.15) is 0 Å². The molecular formula is C24H32N4OS. The number of fused-ring (bicyclic) bond motifs is 1. The van der Waals surface area contributed by atoms with Crippen LogP contribution < -0.4 is 5.56 Å². The van der Waals surface area contributed by atoms with Crippen molar-refractivity contribution in [2.24, 2.45) is 0 Å². The molecule has 0 bridgehead atoms. The van der Waals surface area contributed by atoms with E-state index in [1.807, 2.05) is 5.38 Å². The van der Waals surface area contributed by atoms with Crippen molar-refractivity contribution < 1.29 is 0 Å². The van der Waals surface area contributed by atoms with E-state index in [2.05, 4.69) is 61.5 Å². The normalized spacial score (nSPS) is 16.4. The summed E-state index contributed by atoms with van der Waals surface area (Å²) in [7, 11) is 0. The molecule has 1 aromatic carbocycles. The Balaban J connectivity index is 1.38. The van der Waals surface area contributed by atoms with Crippen molar-refractivity contribution in [3.63, 3.8) is 0 Å². The molecule has 0 atom stereocenters. The molecule has 0 N–H and O–H groups in total. The van der Waals surface area contributed by atoms with Crippen molar-refractivity contribution in [1.29, 1.82) is 0 Å². The highest BCUT2D eigenvalue weighted by Gasteiger charge is 2.21. The third kappa shape index (κ3) is 4.51. The van der Waals surface area contributed by atoms with E-state index in [1.165, 1.54) is 33.6 Å². The van der Waals surface area contributed by atoms with Crippen molar-refractivity contribution in [2.75, 3.05) is 26.2 Å². The van der Waals surface area contributed by atoms with Gasteiger partial charge in [-0.05, 0) is 41.5 Å². The van der Waals surface area contributed by atoms with Gasteiger partial charge in [-0.25, -0.2) is 4.98 Å². The number of benzene rings is 1. The summed E-state index contributed by atoms with van der Waals surface area (Å²) in [5.74, 6) is 0. The molecule has 1 aliphatic heterocycles. The van der Waals surface area contributed by atoms with E-state index in [-0.39, 0.29) is 11.0 Å². The highest BCUT2D eigenvalue weighted by Crippen LogP contribution is 2.27. The summed E-state index contributed by atoms with van der Waals surface area (Å²) in [4.78, 5) is 22.6. The molecule has 6 heteroatoms. The molecule has 160 valence electrons. The fourth-order valence-electron chi connectivity index (χ4n) is 4.20. The predicted octanol–water partition coefficient (Wildman–Crippen LogP) is 3.99. The van der Waals surface area contributed by atoms with E-state index < -0.39 is 0 Å². The van der Waals surface area contributed by atoms with E-state index in [9.17, 15) is 4.79 Å². The Labute approximate surface area is 183 Å². The van der Waals surface area contributed by atoms with Crippen molar-refractivity contribution in [3.8, 4) is 0 Å². The summed E-state index contributed by atoms with van der Waals surface area (Å²) in [6, 6.07) is 6.41. The zero-order chi connectivity index (χ0) is 21.5. The molecule has 3 heterocycles. The average molecular weight is 425 g/mol. The quantitative estimate of drug-likeness (QED) is 0.635. The highest BCUT2D eigenvalue weighted by molar-refractivity contribution is 7.15. The van der Waals surface area contributed by atoms with E-state index >= 15 is 0 Å². The molecule has 0 unspecified atom stereocenters. The summed E-state index contributed by atoms with van der Waals surface area (Å²) >= 11 is 1.51. The Kier molecular flexibility index (Phi) is 5.84. The third-order valence-electron chi connectivity index (χ3n) is 6.15. The van der Waals surface area contributed by atoms with Gasteiger partial charge in [0.15, 0.2) is 4.96 Å². The number of thiazole rings is 1. The summed E-state index contributed by atoms with van der Waals surface area (Å²) in [6.07, 6.45) is 1.79. The fourth-order valence-corrected chi connectivity index (χ4v) is 4.94. The standard InChI is InChI=1S/C24H32N4OS/c1-17-12-19(24(3,4)5)13-18(2)21(17)16-27-8-6-26(7-9-27)15-20-14-22(29)28-10-11-30-23(28)25-20/h10-14H,6-9,15-16H2,1-5H3. The van der Waals surface area contributed by atoms with Gasteiger partial charge in [-0.1, -0.05) is 32.9 Å². The lowest BCUT2D eigenvalue weighted by Gasteiger charge is -2.35. The molecule has 0 saturated carbocycles. The van der Waals surface area contributed by atoms with E-state index in [0.717, 1.165) is 49.9 Å². The first-order valence-electron chi connectivity index (χ1n) is 10.7. The van der Waals surface area contributed by atoms with Gasteiger partial charge in [-0.3, -0.25) is 19.0 Å². The van der Waals surface area contributed by atoms with Gasteiger partial charge in [0.05, 0.1) is 5.69 Å². The number of piperazine rings is 1. The Morgan fingerprint density at radius 2 is 1.57 bits per heavy atom. The second kappa shape index (κ2) is 8.25. The highest BCUT2D eigenvalue weighted by atomic mass is 32.1. The number of hydrogen-bond acceptors (Lipinski definition) is 5. The van der Waals surface area contributed by atoms with Gasteiger partial charge in [-0.15, -0.1) is 11.3 Å². The van der Waals surface area contributed by atoms with Gasteiger partial charge in [-0.2, -0.15) is 0 Å². The zero-order valence-electron chi connectivity index (χ0n) is 18.7. The maximum atomic E-state index is 12.2. The first-order chi connectivity index (χ1) is 14.2. The molecule has 1 aliphatic rings. The number of aromatic nitrogens is 2. The molecule has 2 aromatic heterocycles. The van der Waals surface area contributed by atoms with Gasteiger partial charge < -0.3 is 0 Å². The summed E-state index contributed by atoms with van der Waals surface area (Å²) in [5, 5.41) is 1.91. The van der Waals surface area contributed by atoms with Crippen LogP contribution in [0.5, 0.6) is 0 Å². The zero-order valence-corrected chi connectivity index (χ0v) is 19.6. The molecule has 30 heavy (non-hydrogen) atoms. The molecule has 5 nitrogen and oxygen atoms in total. The average Bonchev–Trinajstić information content (AvgIpc) is 3.14. The maximum absolute atomic E-state index is 12.2. The van der Waals surface area contributed by atoms with Crippen molar-refractivity contribution >= 4 is 16.3 Å². The van der Waals surface area contributed by atoms with Crippen LogP contribution in [0, 0.1) is 13.8 Å². The molecular weight excluding hydrogens is 392 g/mol. The molecule has 1 saturated heterocycles. The second-order valence-electron chi connectivity index (χ2n) is 9.53. The van der Waals surface area contributed by atoms with Crippen LogP contribution in [0.4, 0.5) is 0 Å². The Hall–Kier alpha value is -2.02. The maximum Gasteiger partial charge on any atom is 0.258 e. The minimum Gasteiger partial charge on any atom is -0.297 e. The van der Waals surface area contributed by atoms with Gasteiger partial charge in [0.2, 0.25) is 0 Å². The monoisotopic (exact) mass is 424 g/mol. The molecule has 0 aliphatic carbocycles. The lowest BCUT2D eigenvalue weighted by Crippen LogP contribution is -2.45. The third-order valence-corrected chi connectivity index (χ3v) is 6.91. The number of nitrogens with zero attached hydrogens (tertiary/aromatic N) is 4. The van der Waals surface area contributed by atoms with Crippen LogP contribution in [0.1, 0.15) is 48.7 Å². The van der Waals surface area contributed by atoms with Crippen molar-refractivity contribution in [3.05, 3.63) is 68.1 Å². The van der Waals surface area contributed by atoms with Gasteiger partial charge in [0, 0.05) is 56.9 Å². The summed E-state index contributed by atoms with van der Waals surface area (Å²) < 4.78 is 1.61. The molecule has 1 fully saturated rings. The topological polar surface area (TPSA) is 40.9 Å². The van der Waals surface area contributed by atoms with E-state index in [1.54, 1.807) is 16.7 Å². The number of rotatable bonds is 4. The largest absolute Gasteiger partial charge is 0.297 e. The first kappa shape index (κ1) is 21.2. The molecule has 4 rings (SSSR count). The molecule has 0 radical (unpaired) electrons. The van der Waals surface area contributed by atoms with Gasteiger partial charge >= 0.3 is 0 Å². The Morgan fingerprint density at radius 1 is 0.967 bits per heavy atom. The summed E-state index contributed by atoms with van der Waals surface area (Å²) in [6.45, 7) is 17.2. The van der Waals surface area contributed by atoms with Crippen LogP contribution in [0.3, 0.4) is 0 Å². The molecule has 0 spiro atoms. The minimum absolute atomic E-state index is 0.0135. The number of hydrogen-bond donors (Lipinski definition) is 0. The SMILES string of the molecule is Cc1cc(C(C)(C)C)cc(C)c1CN1CCN(Cc2cc(=O)n3ccsc3n2)CC1. The second-order valence-corrected chi connectivity index (χ2v) is 10.4. The van der Waals surface area contributed by atoms with Crippen molar-refractivity contribution in [2.45, 2.75) is 53.1 Å². The van der Waals surface area contributed by atoms with Crippen LogP contribution in [0.15, 0.2) is 34.6 Å². The van der Waals surface area contributed by atoms with Crippen LogP contribution in [-0.4, -0.2) is 45.4 Å². The van der Waals surface area contributed by atoms with Gasteiger partial charge in [0.25, 0.3) is 5.56 Å². The first-order valence-corrected chi connectivity index (χ1v) is 11.6. The lowest BCUT2D eigenvalue weighted by atomic mass is 9.83. The van der Waals surface area contributed by atoms with E-state index in [0.29, 0.717) is 0 Å². The van der Waals surface area contributed by atoms with Crippen LogP contribution in [0.2, 0.25) is 0 Å². The van der Waals surface area contributed by atoms with E-state index in [4.69, 9.17) is 0 Å². The minimum atomic E-state index is 0.0135. The lowest BCUT2D eigenvalue weighted by molar-refractivity contribution is 0.120. The predicted molar refractivity (Wildman–Crippen MR) is 125 cm³/mol. The number of aryl methyl sites for hydroxylation is 2. The Morgan fingerprint density at radius 3 is 2.17 bits per heavy atom. The molecule has 3 aromatic rings. The van der Waals surface area contributed by atoms with Crippen LogP contribution in [0.25, 0.3) is 4.96 Å². The smallest absolute Gasteiger partial charge is 0.258 e. The fraction of sp³-hybridized carbons (Fsp3) is 0.500. The van der Waals surface area contributed by atoms with Crippen molar-refractivity contribution in [1.82, 2.24) is 19.2 Å². The Bertz CT molecular complexity index is 1080. The molecule has 0 amide bonds.